The molecule has 0 unspecified atom stereocenters. The lowest BCUT2D eigenvalue weighted by Crippen LogP contribution is -2.25. The third kappa shape index (κ3) is 3.25. The van der Waals surface area contributed by atoms with Gasteiger partial charge < -0.3 is 4.74 Å². The van der Waals surface area contributed by atoms with Crippen molar-refractivity contribution in [1.82, 2.24) is 9.97 Å². The third-order valence-corrected chi connectivity index (χ3v) is 3.32. The fourth-order valence-electron chi connectivity index (χ4n) is 2.13. The van der Waals surface area contributed by atoms with Gasteiger partial charge in [0.05, 0.1) is 18.3 Å². The Morgan fingerprint density at radius 3 is 2.41 bits per heavy atom. The Bertz CT molecular complexity index is 381. The third-order valence-electron chi connectivity index (χ3n) is 3.32. The van der Waals surface area contributed by atoms with Gasteiger partial charge >= 0.3 is 5.97 Å². The van der Waals surface area contributed by atoms with Crippen LogP contribution in [0.5, 0.6) is 5.75 Å². The summed E-state index contributed by atoms with van der Waals surface area (Å²) in [5, 5.41) is 0. The lowest BCUT2D eigenvalue weighted by molar-refractivity contribution is -0.140. The Morgan fingerprint density at radius 2 is 1.82 bits per heavy atom. The number of hydrogen-bond acceptors (Lipinski definition) is 4. The molecule has 0 radical (unpaired) electrons. The zero-order chi connectivity index (χ0) is 12.3. The number of rotatable bonds is 2. The number of ether oxygens (including phenoxy) is 1. The second-order valence-corrected chi connectivity index (χ2v) is 4.84. The van der Waals surface area contributed by atoms with E-state index in [0.717, 1.165) is 31.6 Å². The molecule has 0 aliphatic heterocycles. The van der Waals surface area contributed by atoms with Gasteiger partial charge in [0.1, 0.15) is 5.82 Å². The molecule has 1 fully saturated rings. The number of aromatic nitrogens is 2. The molecule has 0 spiro atoms. The highest BCUT2D eigenvalue weighted by atomic mass is 16.5. The SMILES string of the molecule is Cc1ncc(OC(=O)C2CCC(C)CC2)cn1. The van der Waals surface area contributed by atoms with Crippen LogP contribution in [0.4, 0.5) is 0 Å². The molecule has 4 heteroatoms. The molecule has 1 heterocycles. The topological polar surface area (TPSA) is 52.1 Å². The maximum atomic E-state index is 11.9. The lowest BCUT2D eigenvalue weighted by Gasteiger charge is -2.24. The number of hydrogen-bond donors (Lipinski definition) is 0. The molecule has 1 aromatic rings. The van der Waals surface area contributed by atoms with Crippen molar-refractivity contribution < 1.29 is 9.53 Å². The van der Waals surface area contributed by atoms with Crippen molar-refractivity contribution in [2.45, 2.75) is 39.5 Å². The summed E-state index contributed by atoms with van der Waals surface area (Å²) >= 11 is 0. The molecule has 0 bridgehead atoms. The van der Waals surface area contributed by atoms with Crippen LogP contribution in [0.3, 0.4) is 0 Å². The van der Waals surface area contributed by atoms with Crippen LogP contribution in [-0.4, -0.2) is 15.9 Å². The van der Waals surface area contributed by atoms with E-state index in [2.05, 4.69) is 16.9 Å². The van der Waals surface area contributed by atoms with E-state index in [1.54, 1.807) is 19.3 Å². The lowest BCUT2D eigenvalue weighted by atomic mass is 9.83. The molecule has 1 aliphatic carbocycles. The van der Waals surface area contributed by atoms with Crippen molar-refractivity contribution >= 4 is 5.97 Å². The number of carbonyl (C=O) groups excluding carboxylic acids is 1. The molecule has 1 aromatic heterocycles. The van der Waals surface area contributed by atoms with Crippen molar-refractivity contribution in [3.05, 3.63) is 18.2 Å². The van der Waals surface area contributed by atoms with Gasteiger partial charge in [0.2, 0.25) is 0 Å². The van der Waals surface area contributed by atoms with Gasteiger partial charge in [0.15, 0.2) is 5.75 Å². The molecule has 4 nitrogen and oxygen atoms in total. The minimum Gasteiger partial charge on any atom is -0.423 e. The van der Waals surface area contributed by atoms with Crippen molar-refractivity contribution in [3.8, 4) is 5.75 Å². The van der Waals surface area contributed by atoms with Crippen molar-refractivity contribution in [1.29, 1.82) is 0 Å². The highest BCUT2D eigenvalue weighted by Gasteiger charge is 2.25. The van der Waals surface area contributed by atoms with Gasteiger partial charge in [-0.1, -0.05) is 6.92 Å². The molecule has 0 saturated heterocycles. The Labute approximate surface area is 101 Å². The van der Waals surface area contributed by atoms with Crippen LogP contribution >= 0.6 is 0 Å². The van der Waals surface area contributed by atoms with E-state index in [-0.39, 0.29) is 11.9 Å². The Balaban J connectivity index is 1.90. The summed E-state index contributed by atoms with van der Waals surface area (Å²) in [5.41, 5.74) is 0. The van der Waals surface area contributed by atoms with Crippen LogP contribution in [0.25, 0.3) is 0 Å². The predicted molar refractivity (Wildman–Crippen MR) is 63.5 cm³/mol. The summed E-state index contributed by atoms with van der Waals surface area (Å²) in [6.45, 7) is 4.03. The van der Waals surface area contributed by atoms with E-state index in [1.807, 2.05) is 0 Å². The minimum atomic E-state index is -0.135. The monoisotopic (exact) mass is 234 g/mol. The fourth-order valence-corrected chi connectivity index (χ4v) is 2.13. The van der Waals surface area contributed by atoms with E-state index in [1.165, 1.54) is 0 Å². The van der Waals surface area contributed by atoms with Gasteiger partial charge in [-0.05, 0) is 38.5 Å². The summed E-state index contributed by atoms with van der Waals surface area (Å²) in [6.07, 6.45) is 7.20. The molecule has 0 N–H and O–H groups in total. The molecule has 92 valence electrons. The van der Waals surface area contributed by atoms with E-state index < -0.39 is 0 Å². The summed E-state index contributed by atoms with van der Waals surface area (Å²) in [5.74, 6) is 1.77. The molecule has 0 atom stereocenters. The fraction of sp³-hybridized carbons (Fsp3) is 0.615. The second-order valence-electron chi connectivity index (χ2n) is 4.84. The predicted octanol–water partition coefficient (Wildman–Crippen LogP) is 2.52. The second kappa shape index (κ2) is 5.25. The quantitative estimate of drug-likeness (QED) is 0.738. The first-order valence-electron chi connectivity index (χ1n) is 6.15. The Morgan fingerprint density at radius 1 is 1.24 bits per heavy atom. The van der Waals surface area contributed by atoms with Gasteiger partial charge in [-0.15, -0.1) is 0 Å². The molecule has 2 rings (SSSR count). The van der Waals surface area contributed by atoms with Gasteiger partial charge in [-0.3, -0.25) is 4.79 Å². The van der Waals surface area contributed by atoms with E-state index in [9.17, 15) is 4.79 Å². The average Bonchev–Trinajstić information content (AvgIpc) is 2.33. The number of carbonyl (C=O) groups is 1. The van der Waals surface area contributed by atoms with Crippen LogP contribution in [0.15, 0.2) is 12.4 Å². The maximum Gasteiger partial charge on any atom is 0.314 e. The van der Waals surface area contributed by atoms with Crippen LogP contribution in [0.2, 0.25) is 0 Å². The Kier molecular flexibility index (Phi) is 3.71. The largest absolute Gasteiger partial charge is 0.423 e. The Hall–Kier alpha value is -1.45. The minimum absolute atomic E-state index is 0.0486. The van der Waals surface area contributed by atoms with E-state index in [0.29, 0.717) is 11.6 Å². The average molecular weight is 234 g/mol. The zero-order valence-corrected chi connectivity index (χ0v) is 10.3. The van der Waals surface area contributed by atoms with Gasteiger partial charge in [0, 0.05) is 0 Å². The van der Waals surface area contributed by atoms with Crippen LogP contribution < -0.4 is 4.74 Å². The first-order valence-corrected chi connectivity index (χ1v) is 6.15. The molecule has 17 heavy (non-hydrogen) atoms. The van der Waals surface area contributed by atoms with Gasteiger partial charge in [0.25, 0.3) is 0 Å². The molecule has 1 saturated carbocycles. The van der Waals surface area contributed by atoms with Crippen molar-refractivity contribution in [2.24, 2.45) is 11.8 Å². The standard InChI is InChI=1S/C13H18N2O2/c1-9-3-5-11(6-4-9)13(16)17-12-7-14-10(2)15-8-12/h7-9,11H,3-6H2,1-2H3. The first kappa shape index (κ1) is 12.0. The summed E-state index contributed by atoms with van der Waals surface area (Å²) in [6, 6.07) is 0. The van der Waals surface area contributed by atoms with Crippen molar-refractivity contribution in [3.63, 3.8) is 0 Å². The molecular weight excluding hydrogens is 216 g/mol. The molecular formula is C13H18N2O2. The zero-order valence-electron chi connectivity index (χ0n) is 10.3. The number of esters is 1. The molecule has 0 amide bonds. The summed E-state index contributed by atoms with van der Waals surface area (Å²) < 4.78 is 5.28. The van der Waals surface area contributed by atoms with Gasteiger partial charge in [-0.25, -0.2) is 9.97 Å². The first-order chi connectivity index (χ1) is 8.15. The van der Waals surface area contributed by atoms with Crippen molar-refractivity contribution in [2.75, 3.05) is 0 Å². The van der Waals surface area contributed by atoms with Gasteiger partial charge in [-0.2, -0.15) is 0 Å². The van der Waals surface area contributed by atoms with Crippen LogP contribution in [-0.2, 0) is 4.79 Å². The van der Waals surface area contributed by atoms with E-state index in [4.69, 9.17) is 4.74 Å². The highest BCUT2D eigenvalue weighted by molar-refractivity contribution is 5.75. The maximum absolute atomic E-state index is 11.9. The normalized spacial score (nSPS) is 24.4. The molecule has 1 aliphatic rings. The molecule has 0 aromatic carbocycles. The van der Waals surface area contributed by atoms with E-state index >= 15 is 0 Å². The number of nitrogens with zero attached hydrogens (tertiary/aromatic N) is 2. The van der Waals surface area contributed by atoms with Crippen LogP contribution in [0.1, 0.15) is 38.4 Å². The summed E-state index contributed by atoms with van der Waals surface area (Å²) in [4.78, 5) is 19.9. The van der Waals surface area contributed by atoms with Crippen LogP contribution in [0, 0.1) is 18.8 Å². The number of aryl methyl sites for hydroxylation is 1. The highest BCUT2D eigenvalue weighted by Crippen LogP contribution is 2.29. The smallest absolute Gasteiger partial charge is 0.314 e. The summed E-state index contributed by atoms with van der Waals surface area (Å²) in [7, 11) is 0.